The third kappa shape index (κ3) is 3.88. The zero-order valence-corrected chi connectivity index (χ0v) is 10.4. The quantitative estimate of drug-likeness (QED) is 0.749. The van der Waals surface area contributed by atoms with Gasteiger partial charge < -0.3 is 9.53 Å². The molecule has 0 fully saturated rings. The van der Waals surface area contributed by atoms with Crippen molar-refractivity contribution in [3.05, 3.63) is 59.7 Å². The van der Waals surface area contributed by atoms with Crippen molar-refractivity contribution in [3.63, 3.8) is 0 Å². The molecule has 0 atom stereocenters. The maximum atomic E-state index is 13.7. The summed E-state index contributed by atoms with van der Waals surface area (Å²) in [5.74, 6) is -0.222. The van der Waals surface area contributed by atoms with Gasteiger partial charge >= 0.3 is 0 Å². The molecular weight excluding hydrogens is 245 g/mol. The van der Waals surface area contributed by atoms with Gasteiger partial charge in [0.05, 0.1) is 5.69 Å². The number of ether oxygens (including phenoxy) is 1. The Bertz CT molecular complexity index is 543. The van der Waals surface area contributed by atoms with E-state index in [-0.39, 0.29) is 12.4 Å². The van der Waals surface area contributed by atoms with Gasteiger partial charge in [0.2, 0.25) is 0 Å². The number of carbonyl (C=O) groups excluding carboxylic acids is 1. The van der Waals surface area contributed by atoms with E-state index in [1.807, 2.05) is 18.2 Å². The van der Waals surface area contributed by atoms with Crippen LogP contribution in [0.4, 0.5) is 4.39 Å². The van der Waals surface area contributed by atoms with Gasteiger partial charge in [0.25, 0.3) is 0 Å². The minimum atomic E-state index is -0.417. The third-order valence-corrected chi connectivity index (χ3v) is 2.65. The molecule has 0 aliphatic carbocycles. The molecule has 2 aromatic rings. The lowest BCUT2D eigenvalue weighted by atomic mass is 10.1. The summed E-state index contributed by atoms with van der Waals surface area (Å²) in [5, 5.41) is 0. The molecule has 0 spiro atoms. The van der Waals surface area contributed by atoms with Crippen LogP contribution in [0.5, 0.6) is 5.75 Å². The minimum Gasteiger partial charge on any atom is -0.484 e. The first-order valence-electron chi connectivity index (χ1n) is 6.04. The van der Waals surface area contributed by atoms with Crippen LogP contribution in [0.2, 0.25) is 0 Å². The molecule has 0 radical (unpaired) electrons. The monoisotopic (exact) mass is 259 g/mol. The third-order valence-electron chi connectivity index (χ3n) is 2.65. The van der Waals surface area contributed by atoms with E-state index in [0.29, 0.717) is 12.8 Å². The smallest absolute Gasteiger partial charge is 0.165 e. The fourth-order valence-electron chi connectivity index (χ4n) is 1.68. The fourth-order valence-corrected chi connectivity index (χ4v) is 1.68. The summed E-state index contributed by atoms with van der Waals surface area (Å²) in [6, 6.07) is 10.2. The van der Waals surface area contributed by atoms with Crippen molar-refractivity contribution in [1.82, 2.24) is 4.98 Å². The van der Waals surface area contributed by atoms with Crippen LogP contribution < -0.4 is 4.74 Å². The highest BCUT2D eigenvalue weighted by Gasteiger charge is 2.05. The van der Waals surface area contributed by atoms with Crippen molar-refractivity contribution < 1.29 is 13.9 Å². The van der Waals surface area contributed by atoms with Gasteiger partial charge in [-0.15, -0.1) is 0 Å². The van der Waals surface area contributed by atoms with Crippen LogP contribution in [0.3, 0.4) is 0 Å². The number of rotatable bonds is 6. The molecule has 3 nitrogen and oxygen atoms in total. The Morgan fingerprint density at radius 1 is 1.26 bits per heavy atom. The van der Waals surface area contributed by atoms with Crippen molar-refractivity contribution >= 4 is 6.29 Å². The lowest BCUT2D eigenvalue weighted by molar-refractivity contribution is -0.107. The number of hydrogen-bond donors (Lipinski definition) is 0. The molecule has 0 unspecified atom stereocenters. The van der Waals surface area contributed by atoms with Crippen LogP contribution in [0.15, 0.2) is 42.6 Å². The van der Waals surface area contributed by atoms with Crippen molar-refractivity contribution in [1.29, 1.82) is 0 Å². The van der Waals surface area contributed by atoms with Crippen LogP contribution in [0.1, 0.15) is 17.7 Å². The van der Waals surface area contributed by atoms with E-state index in [1.165, 1.54) is 6.07 Å². The second kappa shape index (κ2) is 6.64. The van der Waals surface area contributed by atoms with E-state index < -0.39 is 5.82 Å². The number of nitrogens with zero attached hydrogens (tertiary/aromatic N) is 1. The topological polar surface area (TPSA) is 39.2 Å². The van der Waals surface area contributed by atoms with Crippen molar-refractivity contribution in [2.75, 3.05) is 0 Å². The van der Waals surface area contributed by atoms with Crippen LogP contribution in [0, 0.1) is 5.82 Å². The molecule has 98 valence electrons. The number of halogens is 1. The Labute approximate surface area is 111 Å². The van der Waals surface area contributed by atoms with Gasteiger partial charge in [-0.25, -0.2) is 4.39 Å². The lowest BCUT2D eigenvalue weighted by Gasteiger charge is -2.08. The minimum absolute atomic E-state index is 0.195. The predicted octanol–water partition coefficient (Wildman–Crippen LogP) is 2.93. The standard InChI is InChI=1S/C15H14FNO2/c16-14-10-12(4-3-9-18)6-7-15(14)19-11-13-5-1-2-8-17-13/h1-2,5-10H,3-4,11H2. The number of pyridine rings is 1. The van der Waals surface area contributed by atoms with Crippen molar-refractivity contribution in [2.45, 2.75) is 19.4 Å². The molecule has 0 aliphatic rings. The Kier molecular flexibility index (Phi) is 4.61. The maximum absolute atomic E-state index is 13.7. The second-order valence-electron chi connectivity index (χ2n) is 4.08. The first-order chi connectivity index (χ1) is 9.29. The Morgan fingerprint density at radius 3 is 2.84 bits per heavy atom. The Balaban J connectivity index is 1.99. The van der Waals surface area contributed by atoms with E-state index in [0.717, 1.165) is 17.5 Å². The van der Waals surface area contributed by atoms with E-state index in [1.54, 1.807) is 18.3 Å². The van der Waals surface area contributed by atoms with Crippen LogP contribution >= 0.6 is 0 Å². The number of aromatic nitrogens is 1. The number of hydrogen-bond acceptors (Lipinski definition) is 3. The maximum Gasteiger partial charge on any atom is 0.165 e. The highest BCUT2D eigenvalue weighted by Crippen LogP contribution is 2.20. The number of benzene rings is 1. The average molecular weight is 259 g/mol. The summed E-state index contributed by atoms with van der Waals surface area (Å²) < 4.78 is 19.1. The van der Waals surface area contributed by atoms with Gasteiger partial charge in [-0.05, 0) is 36.2 Å². The number of aldehydes is 1. The number of aryl methyl sites for hydroxylation is 1. The van der Waals surface area contributed by atoms with Crippen molar-refractivity contribution in [3.8, 4) is 5.75 Å². The normalized spacial score (nSPS) is 10.2. The average Bonchev–Trinajstić information content (AvgIpc) is 2.45. The summed E-state index contributed by atoms with van der Waals surface area (Å²) in [6.45, 7) is 0.228. The van der Waals surface area contributed by atoms with Crippen LogP contribution in [-0.2, 0) is 17.8 Å². The molecule has 0 aliphatic heterocycles. The lowest BCUT2D eigenvalue weighted by Crippen LogP contribution is -2.00. The molecule has 0 amide bonds. The van der Waals surface area contributed by atoms with Gasteiger partial charge in [0.15, 0.2) is 11.6 Å². The molecule has 1 aromatic carbocycles. The van der Waals surface area contributed by atoms with Gasteiger partial charge in [-0.3, -0.25) is 4.98 Å². The second-order valence-corrected chi connectivity index (χ2v) is 4.08. The van der Waals surface area contributed by atoms with E-state index in [2.05, 4.69) is 4.98 Å². The summed E-state index contributed by atoms with van der Waals surface area (Å²) in [4.78, 5) is 14.4. The number of carbonyl (C=O) groups is 1. The summed E-state index contributed by atoms with van der Waals surface area (Å²) in [7, 11) is 0. The molecule has 4 heteroatoms. The van der Waals surface area contributed by atoms with Crippen molar-refractivity contribution in [2.24, 2.45) is 0 Å². The molecule has 0 saturated carbocycles. The van der Waals surface area contributed by atoms with Gasteiger partial charge in [-0.2, -0.15) is 0 Å². The molecule has 0 saturated heterocycles. The van der Waals surface area contributed by atoms with E-state index >= 15 is 0 Å². The molecule has 2 rings (SSSR count). The summed E-state index contributed by atoms with van der Waals surface area (Å²) in [6.07, 6.45) is 3.43. The molecular formula is C15H14FNO2. The van der Waals surface area contributed by atoms with Gasteiger partial charge in [-0.1, -0.05) is 12.1 Å². The summed E-state index contributed by atoms with van der Waals surface area (Å²) in [5.41, 5.74) is 1.53. The Hall–Kier alpha value is -2.23. The fraction of sp³-hybridized carbons (Fsp3) is 0.200. The molecule has 1 aromatic heterocycles. The zero-order chi connectivity index (χ0) is 13.5. The summed E-state index contributed by atoms with van der Waals surface area (Å²) >= 11 is 0. The molecule has 0 N–H and O–H groups in total. The van der Waals surface area contributed by atoms with Gasteiger partial charge in [0, 0.05) is 12.6 Å². The van der Waals surface area contributed by atoms with Gasteiger partial charge in [0.1, 0.15) is 12.9 Å². The highest BCUT2D eigenvalue weighted by molar-refractivity contribution is 5.50. The molecule has 19 heavy (non-hydrogen) atoms. The van der Waals surface area contributed by atoms with Crippen LogP contribution in [0.25, 0.3) is 0 Å². The molecule has 1 heterocycles. The first-order valence-corrected chi connectivity index (χ1v) is 6.04. The SMILES string of the molecule is O=CCCc1ccc(OCc2ccccn2)c(F)c1. The highest BCUT2D eigenvalue weighted by atomic mass is 19.1. The van der Waals surface area contributed by atoms with E-state index in [9.17, 15) is 9.18 Å². The van der Waals surface area contributed by atoms with E-state index in [4.69, 9.17) is 4.74 Å². The van der Waals surface area contributed by atoms with Crippen LogP contribution in [-0.4, -0.2) is 11.3 Å². The molecule has 0 bridgehead atoms. The largest absolute Gasteiger partial charge is 0.484 e. The predicted molar refractivity (Wildman–Crippen MR) is 69.4 cm³/mol. The first kappa shape index (κ1) is 13.2. The zero-order valence-electron chi connectivity index (χ0n) is 10.4. The Morgan fingerprint density at radius 2 is 2.16 bits per heavy atom.